The van der Waals surface area contributed by atoms with E-state index in [1.54, 1.807) is 0 Å². The van der Waals surface area contributed by atoms with Crippen molar-refractivity contribution in [3.63, 3.8) is 0 Å². The van der Waals surface area contributed by atoms with Gasteiger partial charge in [-0.2, -0.15) is 0 Å². The van der Waals surface area contributed by atoms with Gasteiger partial charge in [-0.25, -0.2) is 0 Å². The Labute approximate surface area is 77.7 Å². The fraction of sp³-hybridized carbons (Fsp3) is 1.00. The summed E-state index contributed by atoms with van der Waals surface area (Å²) in [5.41, 5.74) is 0. The van der Waals surface area contributed by atoms with Crippen LogP contribution in [0, 0.1) is 5.92 Å². The summed E-state index contributed by atoms with van der Waals surface area (Å²) in [6, 6.07) is 0. The van der Waals surface area contributed by atoms with E-state index in [-0.39, 0.29) is 0 Å². The van der Waals surface area contributed by atoms with E-state index in [9.17, 15) is 0 Å². The van der Waals surface area contributed by atoms with Crippen molar-refractivity contribution in [3.05, 3.63) is 0 Å². The second-order valence-corrected chi connectivity index (χ2v) is 4.35. The van der Waals surface area contributed by atoms with Crippen LogP contribution in [-0.4, -0.2) is 0 Å². The Morgan fingerprint density at radius 1 is 0.917 bits per heavy atom. The molecular weight excluding hydrogens is 144 g/mol. The molecule has 0 aliphatic heterocycles. The molecule has 0 aromatic rings. The zero-order chi connectivity index (χ0) is 8.65. The molecule has 0 spiro atoms. The highest BCUT2D eigenvalue weighted by Crippen LogP contribution is 2.27. The summed E-state index contributed by atoms with van der Waals surface area (Å²) in [6.07, 6.45) is 14.9. The van der Waals surface area contributed by atoms with E-state index < -0.39 is 0 Å². The molecule has 0 aromatic carbocycles. The van der Waals surface area contributed by atoms with E-state index in [4.69, 9.17) is 0 Å². The smallest absolute Gasteiger partial charge is 0.0414 e. The fourth-order valence-corrected chi connectivity index (χ4v) is 2.34. The van der Waals surface area contributed by atoms with Gasteiger partial charge in [0.1, 0.15) is 0 Å². The van der Waals surface area contributed by atoms with Gasteiger partial charge >= 0.3 is 0 Å². The van der Waals surface area contributed by atoms with E-state index in [0.717, 1.165) is 5.92 Å². The molecule has 0 aromatic heterocycles. The topological polar surface area (TPSA) is 0 Å². The van der Waals surface area contributed by atoms with Gasteiger partial charge in [-0.15, -0.1) is 0 Å². The van der Waals surface area contributed by atoms with Crippen LogP contribution in [0.25, 0.3) is 0 Å². The molecule has 72 valence electrons. The quantitative estimate of drug-likeness (QED) is 0.529. The molecule has 1 aliphatic rings. The van der Waals surface area contributed by atoms with Gasteiger partial charge in [0.25, 0.3) is 0 Å². The Hall–Kier alpha value is 0. The third kappa shape index (κ3) is 4.13. The maximum absolute atomic E-state index is 2.29. The monoisotopic (exact) mass is 168 g/mol. The van der Waals surface area contributed by atoms with Crippen LogP contribution in [-0.2, 0) is 0 Å². The van der Waals surface area contributed by atoms with Crippen LogP contribution in [0.1, 0.15) is 71.1 Å². The molecule has 0 heteroatoms. The van der Waals surface area contributed by atoms with E-state index in [2.05, 4.69) is 6.92 Å². The van der Waals surface area contributed by atoms with Gasteiger partial charge in [0.15, 0.2) is 0 Å². The van der Waals surface area contributed by atoms with E-state index >= 15 is 0 Å². The molecule has 0 amide bonds. The highest BCUT2D eigenvalue weighted by atomic mass is 14.2. The average molecular weight is 168 g/mol. The second kappa shape index (κ2) is 6.51. The van der Waals surface area contributed by atoms with Crippen LogP contribution in [0.4, 0.5) is 0 Å². The largest absolute Gasteiger partial charge is 0.0654 e. The third-order valence-corrected chi connectivity index (χ3v) is 3.19. The molecule has 0 bridgehead atoms. The van der Waals surface area contributed by atoms with Crippen LogP contribution in [0.2, 0.25) is 0 Å². The Morgan fingerprint density at radius 3 is 2.33 bits per heavy atom. The Morgan fingerprint density at radius 2 is 1.67 bits per heavy atom. The molecule has 12 heavy (non-hydrogen) atoms. The minimum Gasteiger partial charge on any atom is -0.0654 e. The van der Waals surface area contributed by atoms with E-state index in [1.807, 2.05) is 0 Å². The summed E-state index contributed by atoms with van der Waals surface area (Å²) in [7, 11) is 0. The molecule has 0 saturated heterocycles. The summed E-state index contributed by atoms with van der Waals surface area (Å²) in [4.78, 5) is 0. The van der Waals surface area contributed by atoms with Gasteiger partial charge in [-0.3, -0.25) is 0 Å². The number of hydrogen-bond acceptors (Lipinski definition) is 0. The van der Waals surface area contributed by atoms with Crippen molar-refractivity contribution in [2.24, 2.45) is 5.92 Å². The molecule has 1 aliphatic carbocycles. The first-order chi connectivity index (χ1) is 5.93. The Bertz CT molecular complexity index is 90.2. The minimum absolute atomic E-state index is 1.11. The zero-order valence-corrected chi connectivity index (χ0v) is 8.65. The minimum atomic E-state index is 1.11. The van der Waals surface area contributed by atoms with Gasteiger partial charge in [0.05, 0.1) is 0 Å². The molecule has 0 nitrogen and oxygen atoms in total. The van der Waals surface area contributed by atoms with Gasteiger partial charge in [-0.05, 0) is 5.92 Å². The summed E-state index contributed by atoms with van der Waals surface area (Å²) in [5, 5.41) is 0. The molecule has 0 N–H and O–H groups in total. The Kier molecular flexibility index (Phi) is 5.47. The van der Waals surface area contributed by atoms with E-state index in [1.165, 1.54) is 64.2 Å². The summed E-state index contributed by atoms with van der Waals surface area (Å²) in [6.45, 7) is 2.29. The predicted molar refractivity (Wildman–Crippen MR) is 55.3 cm³/mol. The lowest BCUT2D eigenvalue weighted by atomic mass is 9.85. The lowest BCUT2D eigenvalue weighted by molar-refractivity contribution is 0.328. The average Bonchev–Trinajstić information content (AvgIpc) is 2.14. The highest BCUT2D eigenvalue weighted by Gasteiger charge is 2.11. The SMILES string of the molecule is CCCCCCC1CCCCC1. The van der Waals surface area contributed by atoms with Gasteiger partial charge < -0.3 is 0 Å². The standard InChI is InChI=1S/C12H24/c1-2-3-4-6-9-12-10-7-5-8-11-12/h12H,2-11H2,1H3. The third-order valence-electron chi connectivity index (χ3n) is 3.19. The normalized spacial score (nSPS) is 19.8. The van der Waals surface area contributed by atoms with Crippen molar-refractivity contribution >= 4 is 0 Å². The maximum atomic E-state index is 2.29. The van der Waals surface area contributed by atoms with Crippen molar-refractivity contribution < 1.29 is 0 Å². The number of unbranched alkanes of at least 4 members (excludes halogenated alkanes) is 3. The van der Waals surface area contributed by atoms with Gasteiger partial charge in [0, 0.05) is 0 Å². The first-order valence-electron chi connectivity index (χ1n) is 5.93. The first kappa shape index (κ1) is 10.1. The van der Waals surface area contributed by atoms with Crippen LogP contribution < -0.4 is 0 Å². The molecular formula is C12H24. The van der Waals surface area contributed by atoms with E-state index in [0.29, 0.717) is 0 Å². The molecule has 1 saturated carbocycles. The molecule has 0 radical (unpaired) electrons. The van der Waals surface area contributed by atoms with Gasteiger partial charge in [-0.1, -0.05) is 71.1 Å². The second-order valence-electron chi connectivity index (χ2n) is 4.35. The summed E-state index contributed by atoms with van der Waals surface area (Å²) < 4.78 is 0. The van der Waals surface area contributed by atoms with Gasteiger partial charge in [0.2, 0.25) is 0 Å². The van der Waals surface area contributed by atoms with Crippen molar-refractivity contribution in [1.29, 1.82) is 0 Å². The maximum Gasteiger partial charge on any atom is -0.0414 e. The Balaban J connectivity index is 1.91. The highest BCUT2D eigenvalue weighted by molar-refractivity contribution is 4.65. The van der Waals surface area contributed by atoms with Crippen LogP contribution >= 0.6 is 0 Å². The molecule has 0 unspecified atom stereocenters. The van der Waals surface area contributed by atoms with Crippen molar-refractivity contribution in [2.45, 2.75) is 71.1 Å². The number of rotatable bonds is 5. The van der Waals surface area contributed by atoms with Crippen LogP contribution in [0.5, 0.6) is 0 Å². The first-order valence-corrected chi connectivity index (χ1v) is 5.93. The lowest BCUT2D eigenvalue weighted by Crippen LogP contribution is -2.05. The predicted octanol–water partition coefficient (Wildman–Crippen LogP) is 4.54. The van der Waals surface area contributed by atoms with Crippen molar-refractivity contribution in [1.82, 2.24) is 0 Å². The summed E-state index contributed by atoms with van der Waals surface area (Å²) >= 11 is 0. The molecule has 0 heterocycles. The molecule has 1 fully saturated rings. The molecule has 1 rings (SSSR count). The summed E-state index contributed by atoms with van der Waals surface area (Å²) in [5.74, 6) is 1.11. The molecule has 0 atom stereocenters. The van der Waals surface area contributed by atoms with Crippen molar-refractivity contribution in [3.8, 4) is 0 Å². The van der Waals surface area contributed by atoms with Crippen LogP contribution in [0.3, 0.4) is 0 Å². The zero-order valence-electron chi connectivity index (χ0n) is 8.65. The van der Waals surface area contributed by atoms with Crippen LogP contribution in [0.15, 0.2) is 0 Å². The fourth-order valence-electron chi connectivity index (χ4n) is 2.34. The lowest BCUT2D eigenvalue weighted by Gasteiger charge is -2.21. The number of hydrogen-bond donors (Lipinski definition) is 0. The van der Waals surface area contributed by atoms with Crippen molar-refractivity contribution in [2.75, 3.05) is 0 Å².